The molecule has 4 N–H and O–H groups in total. The van der Waals surface area contributed by atoms with Crippen LogP contribution in [0.3, 0.4) is 0 Å². The second-order valence-corrected chi connectivity index (χ2v) is 6.29. The van der Waals surface area contributed by atoms with Crippen molar-refractivity contribution in [1.82, 2.24) is 14.9 Å². The van der Waals surface area contributed by atoms with Gasteiger partial charge in [0.15, 0.2) is 0 Å². The van der Waals surface area contributed by atoms with E-state index in [-0.39, 0.29) is 17.9 Å². The average molecular weight is 370 g/mol. The van der Waals surface area contributed by atoms with Gasteiger partial charge in [-0.2, -0.15) is 0 Å². The number of pyridine rings is 1. The molecule has 0 unspecified atom stereocenters. The summed E-state index contributed by atoms with van der Waals surface area (Å²) in [5, 5.41) is 12.0. The number of carbonyl (C=O) groups is 2. The first-order valence-electron chi connectivity index (χ1n) is 8.32. The molecule has 0 bridgehead atoms. The third-order valence-electron chi connectivity index (χ3n) is 4.26. The second-order valence-electron chi connectivity index (χ2n) is 6.29. The Bertz CT molecular complexity index is 954. The number of benzene rings is 1. The van der Waals surface area contributed by atoms with Gasteiger partial charge in [0.2, 0.25) is 5.91 Å². The van der Waals surface area contributed by atoms with Crippen LogP contribution in [0.4, 0.5) is 4.39 Å². The van der Waals surface area contributed by atoms with Crippen molar-refractivity contribution in [1.29, 1.82) is 0 Å². The first kappa shape index (κ1) is 18.5. The van der Waals surface area contributed by atoms with Crippen molar-refractivity contribution in [2.45, 2.75) is 25.6 Å². The topological polar surface area (TPSA) is 110 Å². The summed E-state index contributed by atoms with van der Waals surface area (Å²) in [4.78, 5) is 28.1. The standard InChI is InChI=1S/C19H19FN4O3/c1-11(25)17(18(21)26)23-19(27)14-6-13-7-22-8-16(13)24(10-14)9-12-4-2-3-5-15(12)20/h2-8,10-11,17,25H,9H2,1H3,(H2,21,26)(H,23,27)/t11-,17+/m1/s1. The van der Waals surface area contributed by atoms with E-state index in [4.69, 9.17) is 5.73 Å². The molecule has 2 aliphatic heterocycles. The van der Waals surface area contributed by atoms with Crippen LogP contribution in [0.1, 0.15) is 22.8 Å². The largest absolute Gasteiger partial charge is 0.391 e. The van der Waals surface area contributed by atoms with Crippen LogP contribution < -0.4 is 11.1 Å². The molecule has 2 heterocycles. The number of aliphatic hydroxyl groups excluding tert-OH is 1. The molecule has 7 nitrogen and oxygen atoms in total. The van der Waals surface area contributed by atoms with Gasteiger partial charge in [0.25, 0.3) is 5.91 Å². The Kier molecular flexibility index (Phi) is 5.18. The Morgan fingerprint density at radius 2 is 2.07 bits per heavy atom. The monoisotopic (exact) mass is 370 g/mol. The number of fused-ring (bicyclic) bond motifs is 1. The lowest BCUT2D eigenvalue weighted by Gasteiger charge is -2.20. The summed E-state index contributed by atoms with van der Waals surface area (Å²) in [6.45, 7) is 1.56. The van der Waals surface area contributed by atoms with Crippen molar-refractivity contribution in [2.75, 3.05) is 0 Å². The van der Waals surface area contributed by atoms with E-state index in [1.807, 2.05) is 0 Å². The van der Waals surface area contributed by atoms with Crippen molar-refractivity contribution in [3.63, 3.8) is 0 Å². The van der Waals surface area contributed by atoms with E-state index >= 15 is 0 Å². The zero-order valence-corrected chi connectivity index (χ0v) is 14.6. The number of hydrogen-bond acceptors (Lipinski definition) is 4. The number of primary amides is 1. The van der Waals surface area contributed by atoms with Crippen LogP contribution >= 0.6 is 0 Å². The number of carbonyl (C=O) groups excluding carboxylic acids is 2. The molecule has 0 saturated carbocycles. The quantitative estimate of drug-likeness (QED) is 0.604. The van der Waals surface area contributed by atoms with Crippen molar-refractivity contribution in [3.8, 4) is 11.3 Å². The van der Waals surface area contributed by atoms with Crippen LogP contribution in [-0.4, -0.2) is 38.6 Å². The number of amides is 2. The summed E-state index contributed by atoms with van der Waals surface area (Å²) in [5.74, 6) is -1.77. The second kappa shape index (κ2) is 7.55. The molecule has 1 aromatic carbocycles. The molecule has 0 fully saturated rings. The maximum atomic E-state index is 14.0. The van der Waals surface area contributed by atoms with Crippen LogP contribution in [0, 0.1) is 5.82 Å². The highest BCUT2D eigenvalue weighted by Crippen LogP contribution is 2.24. The number of aromatic nitrogens is 2. The minimum absolute atomic E-state index is 0.200. The molecule has 0 radical (unpaired) electrons. The van der Waals surface area contributed by atoms with Crippen molar-refractivity contribution in [3.05, 3.63) is 65.9 Å². The molecule has 0 spiro atoms. The minimum Gasteiger partial charge on any atom is -0.391 e. The highest BCUT2D eigenvalue weighted by molar-refractivity contribution is 5.98. The number of nitrogens with one attached hydrogen (secondary N) is 1. The van der Waals surface area contributed by atoms with E-state index in [2.05, 4.69) is 10.3 Å². The van der Waals surface area contributed by atoms with Crippen molar-refractivity contribution >= 4 is 11.8 Å². The third kappa shape index (κ3) is 3.95. The molecule has 0 aliphatic carbocycles. The molecule has 2 aliphatic rings. The first-order chi connectivity index (χ1) is 12.9. The number of halogens is 1. The maximum absolute atomic E-state index is 14.0. The lowest BCUT2D eigenvalue weighted by atomic mass is 10.1. The fourth-order valence-electron chi connectivity index (χ4n) is 2.84. The molecule has 2 atom stereocenters. The number of hydrogen-bond donors (Lipinski definition) is 3. The molecular formula is C19H19FN4O3. The summed E-state index contributed by atoms with van der Waals surface area (Å²) in [6, 6.07) is 6.76. The van der Waals surface area contributed by atoms with Gasteiger partial charge in [-0.1, -0.05) is 18.2 Å². The Balaban J connectivity index is 1.95. The van der Waals surface area contributed by atoms with Crippen LogP contribution in [0.5, 0.6) is 0 Å². The van der Waals surface area contributed by atoms with Gasteiger partial charge in [0, 0.05) is 23.5 Å². The highest BCUT2D eigenvalue weighted by atomic mass is 19.1. The molecule has 3 rings (SSSR count). The number of nitrogens with two attached hydrogens (primary N) is 1. The normalized spacial score (nSPS) is 13.3. The molecule has 8 heteroatoms. The summed E-state index contributed by atoms with van der Waals surface area (Å²) in [7, 11) is 0. The molecule has 2 amide bonds. The van der Waals surface area contributed by atoms with Crippen LogP contribution in [0.2, 0.25) is 0 Å². The van der Waals surface area contributed by atoms with Gasteiger partial charge in [-0.05, 0) is 19.1 Å². The Labute approximate surface area is 155 Å². The van der Waals surface area contributed by atoms with Crippen LogP contribution in [0.15, 0.2) is 48.9 Å². The van der Waals surface area contributed by atoms with Gasteiger partial charge < -0.3 is 20.7 Å². The van der Waals surface area contributed by atoms with Crippen LogP contribution in [0.25, 0.3) is 11.3 Å². The third-order valence-corrected chi connectivity index (χ3v) is 4.26. The lowest BCUT2D eigenvalue weighted by molar-refractivity contribution is -0.122. The Hall–Kier alpha value is -3.26. The lowest BCUT2D eigenvalue weighted by Crippen LogP contribution is -2.50. The highest BCUT2D eigenvalue weighted by Gasteiger charge is 2.24. The Morgan fingerprint density at radius 3 is 2.74 bits per heavy atom. The van der Waals surface area contributed by atoms with E-state index in [0.717, 1.165) is 5.69 Å². The molecule has 0 saturated heterocycles. The zero-order valence-electron chi connectivity index (χ0n) is 14.6. The number of nitrogens with zero attached hydrogens (tertiary/aromatic N) is 2. The van der Waals surface area contributed by atoms with Gasteiger partial charge in [0.05, 0.1) is 30.1 Å². The summed E-state index contributed by atoms with van der Waals surface area (Å²) >= 11 is 0. The van der Waals surface area contributed by atoms with Gasteiger partial charge >= 0.3 is 0 Å². The van der Waals surface area contributed by atoms with Gasteiger partial charge in [-0.25, -0.2) is 4.39 Å². The maximum Gasteiger partial charge on any atom is 0.253 e. The fourth-order valence-corrected chi connectivity index (χ4v) is 2.84. The smallest absolute Gasteiger partial charge is 0.253 e. The van der Waals surface area contributed by atoms with Gasteiger partial charge in [0.1, 0.15) is 11.9 Å². The van der Waals surface area contributed by atoms with Gasteiger partial charge in [-0.15, -0.1) is 0 Å². The van der Waals surface area contributed by atoms with E-state index in [0.29, 0.717) is 11.1 Å². The first-order valence-corrected chi connectivity index (χ1v) is 8.32. The van der Waals surface area contributed by atoms with Crippen LogP contribution in [-0.2, 0) is 11.3 Å². The fraction of sp³-hybridized carbons (Fsp3) is 0.211. The molecular weight excluding hydrogens is 351 g/mol. The van der Waals surface area contributed by atoms with Crippen molar-refractivity contribution < 1.29 is 19.1 Å². The van der Waals surface area contributed by atoms with E-state index < -0.39 is 24.0 Å². The molecule has 140 valence electrons. The number of aliphatic hydroxyl groups is 1. The summed E-state index contributed by atoms with van der Waals surface area (Å²) in [5.41, 5.74) is 7.33. The summed E-state index contributed by atoms with van der Waals surface area (Å²) in [6.07, 6.45) is 3.62. The minimum atomic E-state index is -1.22. The molecule has 0 aromatic heterocycles. The predicted molar refractivity (Wildman–Crippen MR) is 96.5 cm³/mol. The summed E-state index contributed by atoms with van der Waals surface area (Å²) < 4.78 is 15.7. The molecule has 27 heavy (non-hydrogen) atoms. The van der Waals surface area contributed by atoms with E-state index in [1.165, 1.54) is 13.0 Å². The zero-order chi connectivity index (χ0) is 19.6. The van der Waals surface area contributed by atoms with E-state index in [1.54, 1.807) is 47.4 Å². The number of rotatable bonds is 6. The van der Waals surface area contributed by atoms with E-state index in [9.17, 15) is 19.1 Å². The SMILES string of the molecule is C[C@@H](O)[C@H](NC(=O)c1cc2cncc-2n(Cc2ccccc2F)c1)C(N)=O. The Morgan fingerprint density at radius 1 is 1.33 bits per heavy atom. The van der Waals surface area contributed by atoms with Gasteiger partial charge in [-0.3, -0.25) is 14.6 Å². The predicted octanol–water partition coefficient (Wildman–Crippen LogP) is 1.14. The van der Waals surface area contributed by atoms with Crippen molar-refractivity contribution in [2.24, 2.45) is 5.73 Å². The average Bonchev–Trinajstić information content (AvgIpc) is 3.09. The molecule has 1 aromatic rings.